The van der Waals surface area contributed by atoms with Gasteiger partial charge in [-0.3, -0.25) is 4.99 Å². The highest BCUT2D eigenvalue weighted by molar-refractivity contribution is 5.79. The summed E-state index contributed by atoms with van der Waals surface area (Å²) in [5, 5.41) is 6.65. The van der Waals surface area contributed by atoms with E-state index < -0.39 is 0 Å². The van der Waals surface area contributed by atoms with Gasteiger partial charge in [0, 0.05) is 39.8 Å². The molecule has 0 spiro atoms. The summed E-state index contributed by atoms with van der Waals surface area (Å²) < 4.78 is 5.66. The van der Waals surface area contributed by atoms with Gasteiger partial charge in [0.2, 0.25) is 0 Å². The molecule has 6 heteroatoms. The summed E-state index contributed by atoms with van der Waals surface area (Å²) in [4.78, 5) is 9.21. The van der Waals surface area contributed by atoms with Crippen LogP contribution in [0.3, 0.4) is 0 Å². The zero-order chi connectivity index (χ0) is 17.7. The summed E-state index contributed by atoms with van der Waals surface area (Å²) in [5.74, 6) is 1.74. The minimum absolute atomic E-state index is 0.619. The van der Waals surface area contributed by atoms with Crippen LogP contribution in [-0.4, -0.2) is 82.3 Å². The summed E-state index contributed by atoms with van der Waals surface area (Å²) in [6.07, 6.45) is 2.39. The van der Waals surface area contributed by atoms with Crippen LogP contribution in [0.1, 0.15) is 12.8 Å². The Morgan fingerprint density at radius 2 is 1.76 bits per heavy atom. The summed E-state index contributed by atoms with van der Waals surface area (Å²) in [6.45, 7) is 8.30. The molecule has 1 heterocycles. The van der Waals surface area contributed by atoms with Crippen LogP contribution in [0.15, 0.2) is 35.3 Å². The standard InChI is InChI=1S/C19H33N5O/c1-20-19(22-11-17-25-18-8-4-3-5-9-18)21-10-6-7-12-24-15-13-23(2)14-16-24/h3-5,8-9H,6-7,10-17H2,1-2H3,(H2,20,21,22). The number of nitrogens with zero attached hydrogens (tertiary/aromatic N) is 3. The van der Waals surface area contributed by atoms with Gasteiger partial charge in [-0.05, 0) is 38.6 Å². The number of hydrogen-bond donors (Lipinski definition) is 2. The molecule has 1 saturated heterocycles. The maximum atomic E-state index is 5.66. The number of guanidine groups is 1. The second-order valence-corrected chi connectivity index (χ2v) is 6.44. The Hall–Kier alpha value is -1.79. The average Bonchev–Trinajstić information content (AvgIpc) is 2.65. The van der Waals surface area contributed by atoms with Crippen LogP contribution >= 0.6 is 0 Å². The van der Waals surface area contributed by atoms with Gasteiger partial charge in [-0.2, -0.15) is 0 Å². The molecule has 140 valence electrons. The highest BCUT2D eigenvalue weighted by Crippen LogP contribution is 2.07. The van der Waals surface area contributed by atoms with Crippen molar-refractivity contribution in [1.82, 2.24) is 20.4 Å². The number of nitrogens with one attached hydrogen (secondary N) is 2. The van der Waals surface area contributed by atoms with E-state index in [1.54, 1.807) is 7.05 Å². The molecule has 0 unspecified atom stereocenters. The number of piperazine rings is 1. The first kappa shape index (κ1) is 19.5. The van der Waals surface area contributed by atoms with E-state index in [0.717, 1.165) is 31.2 Å². The lowest BCUT2D eigenvalue weighted by molar-refractivity contribution is 0.152. The van der Waals surface area contributed by atoms with Crippen molar-refractivity contribution in [1.29, 1.82) is 0 Å². The number of likely N-dealkylation sites (N-methyl/N-ethyl adjacent to an activating group) is 1. The third kappa shape index (κ3) is 8.23. The highest BCUT2D eigenvalue weighted by Gasteiger charge is 2.12. The van der Waals surface area contributed by atoms with E-state index in [1.807, 2.05) is 30.3 Å². The number of rotatable bonds is 9. The molecular weight excluding hydrogens is 314 g/mol. The van der Waals surface area contributed by atoms with E-state index in [-0.39, 0.29) is 0 Å². The number of hydrogen-bond acceptors (Lipinski definition) is 4. The molecule has 1 aromatic carbocycles. The minimum Gasteiger partial charge on any atom is -0.492 e. The first-order valence-corrected chi connectivity index (χ1v) is 9.31. The van der Waals surface area contributed by atoms with Crippen LogP contribution in [0.4, 0.5) is 0 Å². The highest BCUT2D eigenvalue weighted by atomic mass is 16.5. The van der Waals surface area contributed by atoms with Crippen molar-refractivity contribution in [3.05, 3.63) is 30.3 Å². The zero-order valence-electron chi connectivity index (χ0n) is 15.7. The number of para-hydroxylation sites is 1. The summed E-state index contributed by atoms with van der Waals surface area (Å²) >= 11 is 0. The Bertz CT molecular complexity index is 486. The van der Waals surface area contributed by atoms with E-state index in [9.17, 15) is 0 Å². The van der Waals surface area contributed by atoms with Crippen LogP contribution in [0, 0.1) is 0 Å². The predicted octanol–water partition coefficient (Wildman–Crippen LogP) is 1.26. The van der Waals surface area contributed by atoms with Crippen LogP contribution in [-0.2, 0) is 0 Å². The van der Waals surface area contributed by atoms with Gasteiger partial charge >= 0.3 is 0 Å². The third-order valence-corrected chi connectivity index (χ3v) is 4.42. The van der Waals surface area contributed by atoms with Gasteiger partial charge in [-0.1, -0.05) is 18.2 Å². The van der Waals surface area contributed by atoms with Gasteiger partial charge in [-0.25, -0.2) is 0 Å². The number of aliphatic imine (C=N–C) groups is 1. The molecule has 2 N–H and O–H groups in total. The molecule has 0 atom stereocenters. The Morgan fingerprint density at radius 1 is 1.04 bits per heavy atom. The fourth-order valence-corrected chi connectivity index (χ4v) is 2.81. The van der Waals surface area contributed by atoms with Gasteiger partial charge in [0.1, 0.15) is 12.4 Å². The molecular formula is C19H33N5O. The zero-order valence-corrected chi connectivity index (χ0v) is 15.7. The molecule has 0 radical (unpaired) electrons. The van der Waals surface area contributed by atoms with Gasteiger partial charge in [-0.15, -0.1) is 0 Å². The second-order valence-electron chi connectivity index (χ2n) is 6.44. The molecule has 0 amide bonds. The van der Waals surface area contributed by atoms with Gasteiger partial charge in [0.25, 0.3) is 0 Å². The lowest BCUT2D eigenvalue weighted by atomic mass is 10.2. The summed E-state index contributed by atoms with van der Waals surface area (Å²) in [7, 11) is 4.00. The Labute approximate surface area is 152 Å². The monoisotopic (exact) mass is 347 g/mol. The van der Waals surface area contributed by atoms with Gasteiger partial charge in [0.15, 0.2) is 5.96 Å². The minimum atomic E-state index is 0.619. The molecule has 0 aromatic heterocycles. The number of unbranched alkanes of at least 4 members (excludes halogenated alkanes) is 1. The molecule has 1 aliphatic rings. The first-order chi connectivity index (χ1) is 12.3. The van der Waals surface area contributed by atoms with E-state index >= 15 is 0 Å². The normalized spacial score (nSPS) is 16.6. The maximum absolute atomic E-state index is 5.66. The topological polar surface area (TPSA) is 52.1 Å². The predicted molar refractivity (Wildman–Crippen MR) is 104 cm³/mol. The summed E-state index contributed by atoms with van der Waals surface area (Å²) in [6, 6.07) is 9.87. The van der Waals surface area contributed by atoms with E-state index in [2.05, 4.69) is 32.5 Å². The molecule has 25 heavy (non-hydrogen) atoms. The van der Waals surface area contributed by atoms with E-state index in [0.29, 0.717) is 6.61 Å². The average molecular weight is 348 g/mol. The Kier molecular flexibility index (Phi) is 9.15. The van der Waals surface area contributed by atoms with Crippen molar-refractivity contribution in [3.63, 3.8) is 0 Å². The largest absolute Gasteiger partial charge is 0.492 e. The first-order valence-electron chi connectivity index (χ1n) is 9.31. The molecule has 1 aromatic rings. The number of benzene rings is 1. The van der Waals surface area contributed by atoms with Crippen LogP contribution in [0.2, 0.25) is 0 Å². The van der Waals surface area contributed by atoms with Crippen molar-refractivity contribution >= 4 is 5.96 Å². The molecule has 2 rings (SSSR count). The van der Waals surface area contributed by atoms with Crippen molar-refractivity contribution in [2.24, 2.45) is 4.99 Å². The fourth-order valence-electron chi connectivity index (χ4n) is 2.81. The number of ether oxygens (including phenoxy) is 1. The second kappa shape index (κ2) is 11.7. The Morgan fingerprint density at radius 3 is 2.48 bits per heavy atom. The molecule has 6 nitrogen and oxygen atoms in total. The molecule has 0 bridgehead atoms. The smallest absolute Gasteiger partial charge is 0.191 e. The van der Waals surface area contributed by atoms with Crippen LogP contribution in [0.25, 0.3) is 0 Å². The molecule has 0 saturated carbocycles. The van der Waals surface area contributed by atoms with Crippen molar-refractivity contribution in [3.8, 4) is 5.75 Å². The van der Waals surface area contributed by atoms with Crippen molar-refractivity contribution in [2.45, 2.75) is 12.8 Å². The van der Waals surface area contributed by atoms with Gasteiger partial charge < -0.3 is 25.2 Å². The lowest BCUT2D eigenvalue weighted by Gasteiger charge is -2.32. The molecule has 1 aliphatic heterocycles. The van der Waals surface area contributed by atoms with Gasteiger partial charge in [0.05, 0.1) is 6.54 Å². The molecule has 0 aliphatic carbocycles. The SMILES string of the molecule is CN=C(NCCCCN1CCN(C)CC1)NCCOc1ccccc1. The third-order valence-electron chi connectivity index (χ3n) is 4.42. The quantitative estimate of drug-likeness (QED) is 0.400. The molecule has 1 fully saturated rings. The van der Waals surface area contributed by atoms with E-state index in [4.69, 9.17) is 4.74 Å². The van der Waals surface area contributed by atoms with Crippen molar-refractivity contribution < 1.29 is 4.74 Å². The fraction of sp³-hybridized carbons (Fsp3) is 0.632. The van der Waals surface area contributed by atoms with Crippen LogP contribution < -0.4 is 15.4 Å². The maximum Gasteiger partial charge on any atom is 0.191 e. The Balaban J connectivity index is 1.47. The summed E-state index contributed by atoms with van der Waals surface area (Å²) in [5.41, 5.74) is 0. The lowest BCUT2D eigenvalue weighted by Crippen LogP contribution is -2.44. The van der Waals surface area contributed by atoms with Crippen molar-refractivity contribution in [2.75, 3.05) is 66.5 Å². The van der Waals surface area contributed by atoms with Crippen LogP contribution in [0.5, 0.6) is 5.75 Å². The van der Waals surface area contributed by atoms with E-state index in [1.165, 1.54) is 39.1 Å².